The third-order valence-corrected chi connectivity index (χ3v) is 8.44. The predicted molar refractivity (Wildman–Crippen MR) is 121 cm³/mol. The van der Waals surface area contributed by atoms with Gasteiger partial charge in [0.2, 0.25) is 0 Å². The van der Waals surface area contributed by atoms with E-state index in [1.807, 2.05) is 42.5 Å². The molecule has 0 aliphatic rings. The molecular formula is C23H24KO7PS. The van der Waals surface area contributed by atoms with Crippen molar-refractivity contribution < 1.29 is 83.4 Å². The van der Waals surface area contributed by atoms with Crippen LogP contribution in [0.15, 0.2) is 78.9 Å². The van der Waals surface area contributed by atoms with Gasteiger partial charge in [-0.2, -0.15) is 0 Å². The second-order valence-corrected chi connectivity index (χ2v) is 11.2. The van der Waals surface area contributed by atoms with Crippen molar-refractivity contribution in [3.8, 4) is 11.5 Å². The van der Waals surface area contributed by atoms with E-state index in [9.17, 15) is 17.5 Å². The molecule has 0 aliphatic heterocycles. The van der Waals surface area contributed by atoms with Gasteiger partial charge in [-0.3, -0.25) is 4.57 Å². The van der Waals surface area contributed by atoms with Gasteiger partial charge in [-0.05, 0) is 66.6 Å². The van der Waals surface area contributed by atoms with E-state index in [1.54, 1.807) is 24.3 Å². The molecule has 33 heavy (non-hydrogen) atoms. The molecule has 3 aromatic carbocycles. The van der Waals surface area contributed by atoms with Gasteiger partial charge in [0, 0.05) is 0 Å². The second kappa shape index (κ2) is 12.7. The Labute approximate surface area is 236 Å². The Morgan fingerprint density at radius 3 is 2.06 bits per heavy atom. The summed E-state index contributed by atoms with van der Waals surface area (Å²) in [5.41, 5.74) is 3.18. The Balaban J connectivity index is 0.00000385. The van der Waals surface area contributed by atoms with Gasteiger partial charge in [-0.15, -0.1) is 0 Å². The molecule has 0 aliphatic carbocycles. The van der Waals surface area contributed by atoms with Crippen LogP contribution in [0.1, 0.15) is 29.5 Å². The molecular weight excluding hydrogens is 490 g/mol. The Morgan fingerprint density at radius 1 is 0.848 bits per heavy atom. The molecule has 1 unspecified atom stereocenters. The van der Waals surface area contributed by atoms with Gasteiger partial charge < -0.3 is 19.1 Å². The number of ether oxygens (including phenoxy) is 1. The van der Waals surface area contributed by atoms with E-state index in [4.69, 9.17) is 14.5 Å². The monoisotopic (exact) mass is 514 g/mol. The largest absolute Gasteiger partial charge is 1.00 e. The van der Waals surface area contributed by atoms with Crippen LogP contribution in [0.5, 0.6) is 11.5 Å². The van der Waals surface area contributed by atoms with Crippen LogP contribution in [-0.4, -0.2) is 27.7 Å². The molecule has 10 heteroatoms. The molecule has 0 amide bonds. The average Bonchev–Trinajstić information content (AvgIpc) is 2.72. The van der Waals surface area contributed by atoms with Gasteiger partial charge in [0.25, 0.3) is 0 Å². The standard InChI is InChI=1S/C23H25O7PS.K/c24-31(25,26)23(32(27,28)29)11-5-9-19-8-4-10-22(17-19)30-21-14-12-20(13-15-21)16-18-6-2-1-3-7-18;/h1-4,6-8,10,12-15,17,23H,5,9,11,16H2,(H2,24,25,26)(H,27,28,29);/q;+1/p-1. The smallest absolute Gasteiger partial charge is 0.747 e. The van der Waals surface area contributed by atoms with Crippen LogP contribution >= 0.6 is 7.60 Å². The summed E-state index contributed by atoms with van der Waals surface area (Å²) in [7, 11) is -10.1. The third-order valence-electron chi connectivity index (χ3n) is 4.93. The van der Waals surface area contributed by atoms with Crippen molar-refractivity contribution in [2.75, 3.05) is 0 Å². The Hall–Kier alpha value is -0.844. The molecule has 0 saturated carbocycles. The minimum atomic E-state index is -5.09. The molecule has 0 saturated heterocycles. The SMILES string of the molecule is O=P(O)(O)C(CCCc1cccc(Oc2ccc(Cc3ccccc3)cc2)c1)S(=O)(=O)[O-].[K+]. The van der Waals surface area contributed by atoms with Crippen LogP contribution in [0.4, 0.5) is 0 Å². The van der Waals surface area contributed by atoms with E-state index in [0.29, 0.717) is 17.9 Å². The zero-order valence-corrected chi connectivity index (χ0v) is 23.0. The van der Waals surface area contributed by atoms with E-state index >= 15 is 0 Å². The average molecular weight is 515 g/mol. The van der Waals surface area contributed by atoms with E-state index < -0.39 is 29.1 Å². The molecule has 0 spiro atoms. The van der Waals surface area contributed by atoms with Gasteiger partial charge in [-0.1, -0.05) is 54.6 Å². The molecule has 3 rings (SSSR count). The van der Waals surface area contributed by atoms with Gasteiger partial charge in [0.05, 0.1) is 0 Å². The maximum atomic E-state index is 11.3. The number of rotatable bonds is 10. The van der Waals surface area contributed by atoms with Gasteiger partial charge >= 0.3 is 59.0 Å². The summed E-state index contributed by atoms with van der Waals surface area (Å²) in [6.45, 7) is 0. The van der Waals surface area contributed by atoms with Crippen LogP contribution in [0, 0.1) is 0 Å². The minimum absolute atomic E-state index is 0. The Morgan fingerprint density at radius 2 is 1.45 bits per heavy atom. The first-order valence-corrected chi connectivity index (χ1v) is 13.2. The van der Waals surface area contributed by atoms with E-state index in [1.165, 1.54) is 5.56 Å². The van der Waals surface area contributed by atoms with Crippen molar-refractivity contribution in [1.82, 2.24) is 0 Å². The summed E-state index contributed by atoms with van der Waals surface area (Å²) in [6, 6.07) is 25.0. The maximum absolute atomic E-state index is 11.3. The van der Waals surface area contributed by atoms with E-state index in [0.717, 1.165) is 17.5 Å². The van der Waals surface area contributed by atoms with Gasteiger partial charge in [-0.25, -0.2) is 8.42 Å². The summed E-state index contributed by atoms with van der Waals surface area (Å²) in [6.07, 6.45) is 0.892. The third kappa shape index (κ3) is 9.37. The number of hydrogen-bond acceptors (Lipinski definition) is 5. The van der Waals surface area contributed by atoms with E-state index in [-0.39, 0.29) is 57.8 Å². The number of hydrogen-bond donors (Lipinski definition) is 2. The van der Waals surface area contributed by atoms with Crippen molar-refractivity contribution in [1.29, 1.82) is 0 Å². The van der Waals surface area contributed by atoms with Gasteiger partial charge in [0.1, 0.15) is 21.6 Å². The fourth-order valence-corrected chi connectivity index (χ4v) is 5.69. The first-order valence-electron chi connectivity index (χ1n) is 10.0. The van der Waals surface area contributed by atoms with Crippen molar-refractivity contribution in [3.63, 3.8) is 0 Å². The zero-order valence-electron chi connectivity index (χ0n) is 18.2. The van der Waals surface area contributed by atoms with Crippen molar-refractivity contribution in [3.05, 3.63) is 95.6 Å². The van der Waals surface area contributed by atoms with Crippen LogP contribution in [0.2, 0.25) is 0 Å². The molecule has 1 atom stereocenters. The van der Waals surface area contributed by atoms with Crippen LogP contribution in [-0.2, 0) is 27.5 Å². The molecule has 0 fully saturated rings. The minimum Gasteiger partial charge on any atom is -0.747 e. The Kier molecular flexibility index (Phi) is 11.0. The fraction of sp³-hybridized carbons (Fsp3) is 0.217. The van der Waals surface area contributed by atoms with E-state index in [2.05, 4.69) is 12.1 Å². The molecule has 3 aromatic rings. The topological polar surface area (TPSA) is 124 Å². The van der Waals surface area contributed by atoms with Gasteiger partial charge in [0.15, 0.2) is 4.99 Å². The molecule has 0 bridgehead atoms. The molecule has 170 valence electrons. The fourth-order valence-electron chi connectivity index (χ4n) is 3.37. The van der Waals surface area contributed by atoms with Crippen LogP contribution in [0.3, 0.4) is 0 Å². The maximum Gasteiger partial charge on any atom is 1.00 e. The first-order chi connectivity index (χ1) is 15.1. The number of aryl methyl sites for hydroxylation is 1. The normalized spacial score (nSPS) is 12.6. The predicted octanol–water partition coefficient (Wildman–Crippen LogP) is 1.45. The molecule has 0 radical (unpaired) electrons. The molecule has 0 heterocycles. The summed E-state index contributed by atoms with van der Waals surface area (Å²) >= 11 is 0. The Bertz CT molecular complexity index is 1180. The van der Waals surface area contributed by atoms with Crippen molar-refractivity contribution >= 4 is 17.7 Å². The first kappa shape index (κ1) is 28.4. The second-order valence-electron chi connectivity index (χ2n) is 7.48. The zero-order chi connectivity index (χ0) is 23.2. The van der Waals surface area contributed by atoms with Crippen molar-refractivity contribution in [2.45, 2.75) is 30.7 Å². The number of benzene rings is 3. The quantitative estimate of drug-likeness (QED) is 0.238. The summed E-state index contributed by atoms with van der Waals surface area (Å²) in [5.74, 6) is 1.25. The summed E-state index contributed by atoms with van der Waals surface area (Å²) < 4.78 is 50.6. The molecule has 0 aromatic heterocycles. The van der Waals surface area contributed by atoms with Crippen LogP contribution < -0.4 is 56.1 Å². The summed E-state index contributed by atoms with van der Waals surface area (Å²) in [5, 5.41) is 0. The van der Waals surface area contributed by atoms with Crippen LogP contribution in [0.25, 0.3) is 0 Å². The molecule has 2 N–H and O–H groups in total. The molecule has 7 nitrogen and oxygen atoms in total. The summed E-state index contributed by atoms with van der Waals surface area (Å²) in [4.78, 5) is 16.0. The van der Waals surface area contributed by atoms with Crippen molar-refractivity contribution in [2.24, 2.45) is 0 Å².